The van der Waals surface area contributed by atoms with E-state index in [0.29, 0.717) is 42.4 Å². The molecule has 4 saturated carbocycles. The zero-order chi connectivity index (χ0) is 27.9. The molecule has 13 atom stereocenters. The molecule has 2 aliphatic heterocycles. The third kappa shape index (κ3) is 3.93. The predicted molar refractivity (Wildman–Crippen MR) is 143 cm³/mol. The molecular weight excluding hydrogens is 498 g/mol. The number of carbonyl (C=O) groups excluding carboxylic acids is 2. The van der Waals surface area contributed by atoms with Crippen molar-refractivity contribution in [1.29, 1.82) is 0 Å². The lowest BCUT2D eigenvalue weighted by molar-refractivity contribution is -0.224. The summed E-state index contributed by atoms with van der Waals surface area (Å²) in [6.07, 6.45) is 7.43. The van der Waals surface area contributed by atoms with Crippen LogP contribution >= 0.6 is 0 Å². The summed E-state index contributed by atoms with van der Waals surface area (Å²) in [5.41, 5.74) is 0.494. The van der Waals surface area contributed by atoms with E-state index in [1.54, 1.807) is 0 Å². The van der Waals surface area contributed by atoms with Crippen LogP contribution in [-0.4, -0.2) is 53.6 Å². The van der Waals surface area contributed by atoms with Crippen LogP contribution < -0.4 is 0 Å². The van der Waals surface area contributed by atoms with Crippen LogP contribution in [0.15, 0.2) is 5.16 Å². The second kappa shape index (κ2) is 9.43. The summed E-state index contributed by atoms with van der Waals surface area (Å²) in [4.78, 5) is 24.2. The van der Waals surface area contributed by atoms with Gasteiger partial charge in [-0.25, -0.2) is 0 Å². The van der Waals surface area contributed by atoms with E-state index < -0.39 is 5.79 Å². The molecule has 4 aliphatic carbocycles. The number of esters is 2. The first kappa shape index (κ1) is 27.5. The maximum absolute atomic E-state index is 12.5. The van der Waals surface area contributed by atoms with Crippen molar-refractivity contribution in [2.24, 2.45) is 57.4 Å². The number of rotatable bonds is 2. The van der Waals surface area contributed by atoms with Gasteiger partial charge >= 0.3 is 11.9 Å². The highest BCUT2D eigenvalue weighted by Gasteiger charge is 2.73. The lowest BCUT2D eigenvalue weighted by Crippen LogP contribution is -2.61. The molecule has 0 aromatic heterocycles. The third-order valence-corrected chi connectivity index (χ3v) is 12.5. The summed E-state index contributed by atoms with van der Waals surface area (Å²) in [5.74, 6) is 0.898. The number of oxime groups is 1. The standard InChI is InChI=1S/C31H47NO7/c1-16-11-26(32-35)31(36-15-16)17(2)28-25(39-31)13-24-22-8-7-20-12-21(37-18(3)33)9-10-29(20,5)23(22)14-27(30(24,28)6)38-19(4)34/h16-17,20-25,27-28,35H,7-15H2,1-6H3/b32-26-/t16-,17+,20+,21+,22-,23+,24+,25+,27-,28+,29+,30-,31+/m1/s1. The molecule has 8 heteroatoms. The Balaban J connectivity index is 1.32. The average molecular weight is 546 g/mol. The van der Waals surface area contributed by atoms with Crippen molar-refractivity contribution < 1.29 is 33.7 Å². The van der Waals surface area contributed by atoms with Gasteiger partial charge in [-0.2, -0.15) is 0 Å². The van der Waals surface area contributed by atoms with Crippen LogP contribution in [0, 0.1) is 52.3 Å². The average Bonchev–Trinajstić information content (AvgIpc) is 3.32. The summed E-state index contributed by atoms with van der Waals surface area (Å²) in [6, 6.07) is 0. The minimum absolute atomic E-state index is 0.0170. The van der Waals surface area contributed by atoms with E-state index >= 15 is 0 Å². The molecule has 0 aromatic carbocycles. The van der Waals surface area contributed by atoms with E-state index in [2.05, 4.69) is 32.9 Å². The Hall–Kier alpha value is -1.67. The zero-order valence-corrected chi connectivity index (χ0v) is 24.5. The van der Waals surface area contributed by atoms with E-state index in [4.69, 9.17) is 18.9 Å². The van der Waals surface area contributed by atoms with E-state index in [1.807, 2.05) is 0 Å². The van der Waals surface area contributed by atoms with Gasteiger partial charge in [0.25, 0.3) is 0 Å². The fourth-order valence-electron chi connectivity index (χ4n) is 11.0. The van der Waals surface area contributed by atoms with E-state index in [0.717, 1.165) is 44.9 Å². The van der Waals surface area contributed by atoms with Crippen LogP contribution in [-0.2, 0) is 28.5 Å². The normalized spacial score (nSPS) is 53.4. The highest BCUT2D eigenvalue weighted by Crippen LogP contribution is 2.71. The lowest BCUT2D eigenvalue weighted by atomic mass is 9.43. The molecule has 6 aliphatic rings. The molecule has 39 heavy (non-hydrogen) atoms. The Morgan fingerprint density at radius 2 is 1.74 bits per heavy atom. The second-order valence-electron chi connectivity index (χ2n) is 14.4. The van der Waals surface area contributed by atoms with Gasteiger partial charge in [-0.1, -0.05) is 32.9 Å². The first-order chi connectivity index (χ1) is 18.4. The molecule has 8 nitrogen and oxygen atoms in total. The van der Waals surface area contributed by atoms with E-state index in [1.165, 1.54) is 13.8 Å². The Morgan fingerprint density at radius 3 is 2.44 bits per heavy atom. The third-order valence-electron chi connectivity index (χ3n) is 12.5. The molecule has 218 valence electrons. The molecule has 0 unspecified atom stereocenters. The Labute approximate surface area is 232 Å². The van der Waals surface area contributed by atoms with Crippen LogP contribution in [0.25, 0.3) is 0 Å². The molecule has 6 rings (SSSR count). The van der Waals surface area contributed by atoms with Gasteiger partial charge in [0, 0.05) is 31.1 Å². The smallest absolute Gasteiger partial charge is 0.302 e. The minimum Gasteiger partial charge on any atom is -0.463 e. The Bertz CT molecular complexity index is 1050. The fourth-order valence-corrected chi connectivity index (χ4v) is 11.0. The van der Waals surface area contributed by atoms with Gasteiger partial charge in [0.05, 0.1) is 12.7 Å². The van der Waals surface area contributed by atoms with Crippen LogP contribution in [0.2, 0.25) is 0 Å². The maximum Gasteiger partial charge on any atom is 0.302 e. The molecular formula is C31H47NO7. The number of nitrogens with zero attached hydrogens (tertiary/aromatic N) is 1. The van der Waals surface area contributed by atoms with Crippen LogP contribution in [0.5, 0.6) is 0 Å². The van der Waals surface area contributed by atoms with Gasteiger partial charge in [-0.3, -0.25) is 9.59 Å². The molecule has 2 heterocycles. The van der Waals surface area contributed by atoms with Crippen molar-refractivity contribution in [3.8, 4) is 0 Å². The maximum atomic E-state index is 12.5. The summed E-state index contributed by atoms with van der Waals surface area (Å²) < 4.78 is 25.2. The summed E-state index contributed by atoms with van der Waals surface area (Å²) in [5, 5.41) is 13.7. The molecule has 0 radical (unpaired) electrons. The van der Waals surface area contributed by atoms with Crippen LogP contribution in [0.4, 0.5) is 0 Å². The molecule has 1 spiro atoms. The fraction of sp³-hybridized carbons (Fsp3) is 0.903. The summed E-state index contributed by atoms with van der Waals surface area (Å²) >= 11 is 0. The number of fused-ring (bicyclic) bond motifs is 7. The van der Waals surface area contributed by atoms with Crippen molar-refractivity contribution in [1.82, 2.24) is 0 Å². The van der Waals surface area contributed by atoms with Crippen molar-refractivity contribution in [3.63, 3.8) is 0 Å². The highest BCUT2D eigenvalue weighted by molar-refractivity contribution is 5.92. The first-order valence-corrected chi connectivity index (χ1v) is 15.3. The van der Waals surface area contributed by atoms with Gasteiger partial charge in [0.2, 0.25) is 5.79 Å². The molecule has 2 saturated heterocycles. The SMILES string of the molecule is CC(=O)O[C@H]1CC[C@@]2(C)[C@@H](CC[C@@H]3[C@@H]2C[C@@H](OC(C)=O)[C@]2(C)[C@@H]4[C@H](C[C@@H]32)O[C@@]2(OC[C@H](C)C/C2=N/O)[C@H]4C)C1. The van der Waals surface area contributed by atoms with Crippen molar-refractivity contribution in [2.45, 2.75) is 117 Å². The topological polar surface area (TPSA) is 104 Å². The van der Waals surface area contributed by atoms with Gasteiger partial charge in [0.15, 0.2) is 0 Å². The summed E-state index contributed by atoms with van der Waals surface area (Å²) in [6.45, 7) is 12.7. The largest absolute Gasteiger partial charge is 0.463 e. The van der Waals surface area contributed by atoms with Gasteiger partial charge in [-0.15, -0.1) is 0 Å². The number of hydrogen-bond donors (Lipinski definition) is 1. The second-order valence-corrected chi connectivity index (χ2v) is 14.4. The van der Waals surface area contributed by atoms with Gasteiger partial charge in [0.1, 0.15) is 17.9 Å². The minimum atomic E-state index is -0.999. The van der Waals surface area contributed by atoms with Crippen molar-refractivity contribution in [2.75, 3.05) is 6.61 Å². The molecule has 1 N–H and O–H groups in total. The van der Waals surface area contributed by atoms with Gasteiger partial charge < -0.3 is 24.2 Å². The molecule has 0 bridgehead atoms. The van der Waals surface area contributed by atoms with Gasteiger partial charge in [-0.05, 0) is 86.4 Å². The van der Waals surface area contributed by atoms with Crippen LogP contribution in [0.3, 0.4) is 0 Å². The Morgan fingerprint density at radius 1 is 1.00 bits per heavy atom. The highest BCUT2D eigenvalue weighted by atomic mass is 16.7. The number of ether oxygens (including phenoxy) is 4. The predicted octanol–water partition coefficient (Wildman–Crippen LogP) is 5.35. The molecule has 6 fully saturated rings. The molecule has 0 aromatic rings. The zero-order valence-electron chi connectivity index (χ0n) is 24.5. The van der Waals surface area contributed by atoms with E-state index in [-0.39, 0.29) is 58.8 Å². The Kier molecular flexibility index (Phi) is 6.65. The molecule has 0 amide bonds. The lowest BCUT2D eigenvalue weighted by Gasteiger charge is -2.62. The number of carbonyl (C=O) groups is 2. The monoisotopic (exact) mass is 545 g/mol. The quantitative estimate of drug-likeness (QED) is 0.284. The number of hydrogen-bond acceptors (Lipinski definition) is 8. The summed E-state index contributed by atoms with van der Waals surface area (Å²) in [7, 11) is 0. The van der Waals surface area contributed by atoms with Crippen LogP contribution in [0.1, 0.15) is 92.9 Å². The van der Waals surface area contributed by atoms with Crippen molar-refractivity contribution >= 4 is 17.7 Å². The first-order valence-electron chi connectivity index (χ1n) is 15.3. The van der Waals surface area contributed by atoms with E-state index in [9.17, 15) is 14.8 Å². The van der Waals surface area contributed by atoms with Crippen molar-refractivity contribution in [3.05, 3.63) is 0 Å².